The molecule has 3 N–H and O–H groups in total. The molecule has 1 aromatic rings. The van der Waals surface area contributed by atoms with Crippen LogP contribution < -0.4 is 5.73 Å². The summed E-state index contributed by atoms with van der Waals surface area (Å²) in [7, 11) is -0.149. The van der Waals surface area contributed by atoms with Crippen molar-refractivity contribution in [3.05, 3.63) is 35.4 Å². The molecule has 2 heterocycles. The number of aliphatic carboxylic acids is 1. The number of nitrogens with zero attached hydrogens (tertiary/aromatic N) is 3. The number of nitrogens with two attached hydrogens (primary N) is 1. The molecule has 2 atom stereocenters. The van der Waals surface area contributed by atoms with E-state index < -0.39 is 22.4 Å². The van der Waals surface area contributed by atoms with Gasteiger partial charge in [-0.15, -0.1) is 0 Å². The molecule has 2 unspecified atom stereocenters. The van der Waals surface area contributed by atoms with Gasteiger partial charge in [-0.2, -0.15) is 30.2 Å². The van der Waals surface area contributed by atoms with Gasteiger partial charge in [0, 0.05) is 51.4 Å². The van der Waals surface area contributed by atoms with Crippen LogP contribution in [0.4, 0.5) is 13.2 Å². The number of hydrogen-bond acceptors (Lipinski definition) is 5. The molecule has 0 aromatic heterocycles. The lowest BCUT2D eigenvalue weighted by Gasteiger charge is -2.40. The minimum atomic E-state index is -5.08. The maximum atomic E-state index is 13.1. The Labute approximate surface area is 234 Å². The molecule has 2 saturated heterocycles. The summed E-state index contributed by atoms with van der Waals surface area (Å²) in [6.45, 7) is 2.00. The van der Waals surface area contributed by atoms with Crippen molar-refractivity contribution in [3.63, 3.8) is 0 Å². The van der Waals surface area contributed by atoms with Crippen molar-refractivity contribution in [3.8, 4) is 0 Å². The van der Waals surface area contributed by atoms with E-state index in [0.717, 1.165) is 32.2 Å². The predicted octanol–water partition coefficient (Wildman–Crippen LogP) is 3.82. The van der Waals surface area contributed by atoms with Gasteiger partial charge >= 0.3 is 12.1 Å². The molecule has 9 nitrogen and oxygen atoms in total. The lowest BCUT2D eigenvalue weighted by Crippen LogP contribution is -2.49. The van der Waals surface area contributed by atoms with Crippen molar-refractivity contribution >= 4 is 22.1 Å². The highest BCUT2D eigenvalue weighted by Crippen LogP contribution is 2.43. The molecule has 13 heteroatoms. The number of carbonyl (C=O) groups is 2. The van der Waals surface area contributed by atoms with E-state index in [1.54, 1.807) is 24.5 Å². The van der Waals surface area contributed by atoms with Gasteiger partial charge in [-0.1, -0.05) is 31.4 Å². The molecule has 1 saturated carbocycles. The highest BCUT2D eigenvalue weighted by Gasteiger charge is 2.42. The first kappa shape index (κ1) is 32.3. The fourth-order valence-corrected chi connectivity index (χ4v) is 7.45. The largest absolute Gasteiger partial charge is 0.490 e. The number of benzene rings is 1. The number of amides is 1. The van der Waals surface area contributed by atoms with E-state index in [2.05, 4.69) is 11.0 Å². The molecule has 3 aliphatic rings. The van der Waals surface area contributed by atoms with Crippen LogP contribution in [-0.2, 0) is 15.0 Å². The fourth-order valence-electron chi connectivity index (χ4n) is 6.27. The van der Waals surface area contributed by atoms with E-state index in [9.17, 15) is 26.4 Å². The lowest BCUT2D eigenvalue weighted by atomic mass is 9.84. The zero-order valence-electron chi connectivity index (χ0n) is 23.1. The normalized spacial score (nSPS) is 24.1. The number of rotatable bonds is 9. The number of carboxylic acid groups (broad SMARTS) is 1. The van der Waals surface area contributed by atoms with Gasteiger partial charge in [0.2, 0.25) is 5.91 Å². The van der Waals surface area contributed by atoms with Crippen LogP contribution in [-0.4, -0.2) is 90.9 Å². The number of carboxylic acids is 1. The molecule has 3 fully saturated rings. The van der Waals surface area contributed by atoms with E-state index in [1.165, 1.54) is 42.0 Å². The van der Waals surface area contributed by atoms with Crippen LogP contribution in [0.3, 0.4) is 0 Å². The van der Waals surface area contributed by atoms with Crippen molar-refractivity contribution < 1.29 is 36.3 Å². The van der Waals surface area contributed by atoms with Crippen LogP contribution in [0.2, 0.25) is 0 Å². The molecule has 2 aliphatic heterocycles. The molecule has 2 bridgehead atoms. The van der Waals surface area contributed by atoms with Crippen molar-refractivity contribution in [2.45, 2.75) is 82.0 Å². The fraction of sp³-hybridized carbons (Fsp3) is 0.704. The average Bonchev–Trinajstić information content (AvgIpc) is 3.12. The molecular weight excluding hydrogens is 549 g/mol. The highest BCUT2D eigenvalue weighted by molar-refractivity contribution is 7.86. The third-order valence-corrected chi connectivity index (χ3v) is 10.3. The first-order valence-electron chi connectivity index (χ1n) is 13.8. The first-order valence-corrected chi connectivity index (χ1v) is 15.2. The molecule has 4 rings (SSSR count). The molecule has 1 amide bonds. The van der Waals surface area contributed by atoms with Crippen LogP contribution >= 0.6 is 0 Å². The van der Waals surface area contributed by atoms with Crippen molar-refractivity contribution in [1.82, 2.24) is 13.5 Å². The quantitative estimate of drug-likeness (QED) is 0.451. The standard InChI is InChI=1S/C25H40N4O3S.C2HF3O2/c1-27(2)33(31,32)28(18-19-7-4-3-5-8-19)13-14-29-23-11-12-24(29)17-22(16-23)20-9-6-10-21(15-20)25(26)30;3-2(4,5)1(6)7/h6,9-10,15,19,22-24H,3-5,7-8,11-14,16-18H2,1-2H3,(H2,26,30);(H,6,7). The Morgan fingerprint density at radius 2 is 1.62 bits per heavy atom. The molecule has 40 heavy (non-hydrogen) atoms. The maximum Gasteiger partial charge on any atom is 0.490 e. The second-order valence-electron chi connectivity index (χ2n) is 11.2. The first-order chi connectivity index (χ1) is 18.7. The van der Waals surface area contributed by atoms with Gasteiger partial charge in [0.25, 0.3) is 10.2 Å². The zero-order chi connectivity index (χ0) is 29.7. The monoisotopic (exact) mass is 590 g/mol. The number of carbonyl (C=O) groups excluding carboxylic acids is 1. The average molecular weight is 591 g/mol. The summed E-state index contributed by atoms with van der Waals surface area (Å²) >= 11 is 0. The Kier molecular flexibility index (Phi) is 11.0. The van der Waals surface area contributed by atoms with Gasteiger partial charge in [0.1, 0.15) is 0 Å². The molecule has 0 radical (unpaired) electrons. The van der Waals surface area contributed by atoms with Crippen LogP contribution in [0.1, 0.15) is 79.6 Å². The lowest BCUT2D eigenvalue weighted by molar-refractivity contribution is -0.192. The highest BCUT2D eigenvalue weighted by atomic mass is 32.2. The summed E-state index contributed by atoms with van der Waals surface area (Å²) in [5.41, 5.74) is 7.27. The number of fused-ring (bicyclic) bond motifs is 2. The van der Waals surface area contributed by atoms with Gasteiger partial charge in [0.05, 0.1) is 0 Å². The molecule has 1 aliphatic carbocycles. The van der Waals surface area contributed by atoms with E-state index in [1.807, 2.05) is 12.1 Å². The number of alkyl halides is 3. The van der Waals surface area contributed by atoms with Crippen molar-refractivity contribution in [2.75, 3.05) is 33.7 Å². The van der Waals surface area contributed by atoms with Crippen LogP contribution in [0.5, 0.6) is 0 Å². The van der Waals surface area contributed by atoms with Gasteiger partial charge in [0.15, 0.2) is 0 Å². The van der Waals surface area contributed by atoms with Gasteiger partial charge in [-0.05, 0) is 68.1 Å². The van der Waals surface area contributed by atoms with E-state index in [0.29, 0.717) is 42.6 Å². The van der Waals surface area contributed by atoms with Crippen molar-refractivity contribution in [2.24, 2.45) is 11.7 Å². The van der Waals surface area contributed by atoms with Crippen LogP contribution in [0.15, 0.2) is 24.3 Å². The Hall–Kier alpha value is -2.22. The maximum absolute atomic E-state index is 13.1. The number of halogens is 3. The van der Waals surface area contributed by atoms with E-state index >= 15 is 0 Å². The smallest absolute Gasteiger partial charge is 0.475 e. The molecule has 0 spiro atoms. The second kappa shape index (κ2) is 13.6. The summed E-state index contributed by atoms with van der Waals surface area (Å²) < 4.78 is 61.0. The minimum absolute atomic E-state index is 0.377. The minimum Gasteiger partial charge on any atom is -0.475 e. The topological polar surface area (TPSA) is 124 Å². The molecule has 226 valence electrons. The Bertz CT molecular complexity index is 1110. The summed E-state index contributed by atoms with van der Waals surface area (Å²) in [5, 5.41) is 7.12. The summed E-state index contributed by atoms with van der Waals surface area (Å²) in [4.78, 5) is 23.1. The zero-order valence-corrected chi connectivity index (χ0v) is 24.0. The third-order valence-electron chi connectivity index (χ3n) is 8.35. The summed E-state index contributed by atoms with van der Waals surface area (Å²) in [6.07, 6.45) is 5.35. The Morgan fingerprint density at radius 3 is 2.12 bits per heavy atom. The van der Waals surface area contributed by atoms with Gasteiger partial charge in [-0.3, -0.25) is 9.69 Å². The Balaban J connectivity index is 0.000000559. The number of hydrogen-bond donors (Lipinski definition) is 2. The van der Waals surface area contributed by atoms with E-state index in [4.69, 9.17) is 15.6 Å². The number of primary amides is 1. The summed E-state index contributed by atoms with van der Waals surface area (Å²) in [5.74, 6) is -2.22. The number of piperidine rings is 1. The second-order valence-corrected chi connectivity index (χ2v) is 13.4. The summed E-state index contributed by atoms with van der Waals surface area (Å²) in [6, 6.07) is 8.73. The van der Waals surface area contributed by atoms with Crippen LogP contribution in [0.25, 0.3) is 0 Å². The molecular formula is C27H41F3N4O5S. The van der Waals surface area contributed by atoms with Crippen LogP contribution in [0, 0.1) is 5.92 Å². The van der Waals surface area contributed by atoms with Gasteiger partial charge in [-0.25, -0.2) is 4.79 Å². The Morgan fingerprint density at radius 1 is 1.05 bits per heavy atom. The SMILES string of the molecule is CN(C)S(=O)(=O)N(CCN1C2CCC1CC(c1cccc(C(N)=O)c1)C2)CC1CCCCC1.O=C(O)C(F)(F)F. The van der Waals surface area contributed by atoms with Crippen molar-refractivity contribution in [1.29, 1.82) is 0 Å². The predicted molar refractivity (Wildman–Crippen MR) is 145 cm³/mol. The van der Waals surface area contributed by atoms with E-state index in [-0.39, 0.29) is 5.91 Å². The molecule has 1 aromatic carbocycles. The third kappa shape index (κ3) is 8.40. The van der Waals surface area contributed by atoms with Gasteiger partial charge < -0.3 is 10.8 Å².